The van der Waals surface area contributed by atoms with E-state index >= 15 is 0 Å². The maximum Gasteiger partial charge on any atom is 0.312 e. The second kappa shape index (κ2) is 13.3. The first-order valence-corrected chi connectivity index (χ1v) is 15.3. The SMILES string of the molecule is C=CCCC(=O)NC[C@@H](C)OC(=O)[C@@H]1[C@@H]2CC[C@]3(O2)[C@H](C(=O)N(CC=C)c2ccc4ccccc4c2)N(CCCO)C(=O)[C@@H]13. The zero-order valence-corrected chi connectivity index (χ0v) is 25.2. The van der Waals surface area contributed by atoms with E-state index in [0.717, 1.165) is 10.8 Å². The first-order chi connectivity index (χ1) is 21.2. The Bertz CT molecular complexity index is 1440. The quantitative estimate of drug-likeness (QED) is 0.251. The minimum Gasteiger partial charge on any atom is -0.460 e. The first-order valence-electron chi connectivity index (χ1n) is 15.3. The van der Waals surface area contributed by atoms with Crippen molar-refractivity contribution in [1.29, 1.82) is 0 Å². The van der Waals surface area contributed by atoms with Crippen LogP contribution in [0.4, 0.5) is 5.69 Å². The van der Waals surface area contributed by atoms with E-state index in [1.165, 1.54) is 4.90 Å². The Hall–Kier alpha value is -4.02. The molecule has 10 heteroatoms. The standard InChI is InChI=1S/C34H41N3O7/c1-4-6-12-27(39)35-21-22(3)43-33(42)28-26-15-16-34(44-26)29(28)31(40)37(18-9-19-38)30(34)32(41)36(17-5-2)25-14-13-23-10-7-8-11-24(23)20-25/h4-5,7-8,10-11,13-14,20,22,26,28-30,38H,1-2,6,9,12,15-19,21H2,3H3,(H,35,39)/t22-,26+,28-,29-,30+,34-/m1/s1. The molecule has 2 aromatic rings. The van der Waals surface area contributed by atoms with Crippen molar-refractivity contribution in [3.8, 4) is 0 Å². The molecule has 2 N–H and O–H groups in total. The summed E-state index contributed by atoms with van der Waals surface area (Å²) in [6, 6.07) is 12.6. The molecule has 3 heterocycles. The summed E-state index contributed by atoms with van der Waals surface area (Å²) in [5, 5.41) is 14.4. The van der Waals surface area contributed by atoms with Crippen LogP contribution in [0.25, 0.3) is 10.8 Å². The number of nitrogens with zero attached hydrogens (tertiary/aromatic N) is 2. The van der Waals surface area contributed by atoms with Crippen molar-refractivity contribution in [1.82, 2.24) is 10.2 Å². The number of aliphatic hydroxyl groups excluding tert-OH is 1. The molecule has 3 saturated heterocycles. The van der Waals surface area contributed by atoms with Gasteiger partial charge in [-0.25, -0.2) is 0 Å². The smallest absolute Gasteiger partial charge is 0.312 e. The molecule has 44 heavy (non-hydrogen) atoms. The summed E-state index contributed by atoms with van der Waals surface area (Å²) in [6.45, 7) is 9.49. The maximum absolute atomic E-state index is 14.6. The third kappa shape index (κ3) is 5.76. The summed E-state index contributed by atoms with van der Waals surface area (Å²) >= 11 is 0. The topological polar surface area (TPSA) is 125 Å². The maximum atomic E-state index is 14.6. The van der Waals surface area contributed by atoms with Gasteiger partial charge in [-0.2, -0.15) is 0 Å². The highest BCUT2D eigenvalue weighted by Gasteiger charge is 2.75. The molecule has 0 unspecified atom stereocenters. The molecule has 1 spiro atoms. The summed E-state index contributed by atoms with van der Waals surface area (Å²) in [5.41, 5.74) is -0.536. The van der Waals surface area contributed by atoms with E-state index in [2.05, 4.69) is 18.5 Å². The predicted molar refractivity (Wildman–Crippen MR) is 166 cm³/mol. The summed E-state index contributed by atoms with van der Waals surface area (Å²) in [7, 11) is 0. The van der Waals surface area contributed by atoms with Crippen LogP contribution in [0.1, 0.15) is 39.0 Å². The monoisotopic (exact) mass is 603 g/mol. The number of ether oxygens (including phenoxy) is 2. The minimum atomic E-state index is -1.20. The molecular weight excluding hydrogens is 562 g/mol. The van der Waals surface area contributed by atoms with E-state index in [0.29, 0.717) is 31.4 Å². The number of fused-ring (bicyclic) bond motifs is 2. The van der Waals surface area contributed by atoms with Gasteiger partial charge in [0.1, 0.15) is 17.7 Å². The number of nitrogens with one attached hydrogen (secondary N) is 1. The summed E-state index contributed by atoms with van der Waals surface area (Å²) < 4.78 is 12.2. The van der Waals surface area contributed by atoms with Crippen LogP contribution in [0, 0.1) is 11.8 Å². The van der Waals surface area contributed by atoms with E-state index in [1.807, 2.05) is 42.5 Å². The lowest BCUT2D eigenvalue weighted by molar-refractivity contribution is -0.159. The molecule has 3 amide bonds. The van der Waals surface area contributed by atoms with E-state index in [4.69, 9.17) is 9.47 Å². The zero-order chi connectivity index (χ0) is 31.4. The van der Waals surface area contributed by atoms with Gasteiger partial charge >= 0.3 is 5.97 Å². The third-order valence-corrected chi connectivity index (χ3v) is 8.97. The van der Waals surface area contributed by atoms with Gasteiger partial charge in [0.15, 0.2) is 0 Å². The molecule has 2 bridgehead atoms. The van der Waals surface area contributed by atoms with Crippen LogP contribution < -0.4 is 10.2 Å². The molecule has 0 saturated carbocycles. The van der Waals surface area contributed by atoms with Gasteiger partial charge in [0.05, 0.1) is 24.5 Å². The van der Waals surface area contributed by atoms with Crippen LogP contribution in [-0.4, -0.2) is 83.8 Å². The number of hydrogen-bond donors (Lipinski definition) is 2. The molecule has 3 aliphatic heterocycles. The van der Waals surface area contributed by atoms with Crippen LogP contribution in [0.3, 0.4) is 0 Å². The van der Waals surface area contributed by atoms with Crippen LogP contribution in [0.5, 0.6) is 0 Å². The molecule has 234 valence electrons. The van der Waals surface area contributed by atoms with Crippen molar-refractivity contribution in [2.24, 2.45) is 11.8 Å². The lowest BCUT2D eigenvalue weighted by Crippen LogP contribution is -2.56. The van der Waals surface area contributed by atoms with Gasteiger partial charge in [0.25, 0.3) is 5.91 Å². The van der Waals surface area contributed by atoms with Gasteiger partial charge < -0.3 is 29.7 Å². The molecule has 0 aliphatic carbocycles. The van der Waals surface area contributed by atoms with Crippen molar-refractivity contribution in [3.05, 3.63) is 67.8 Å². The average molecular weight is 604 g/mol. The Morgan fingerprint density at radius 2 is 1.98 bits per heavy atom. The first kappa shape index (κ1) is 31.4. The van der Waals surface area contributed by atoms with Gasteiger partial charge in [-0.05, 0) is 55.5 Å². The third-order valence-electron chi connectivity index (χ3n) is 8.97. The Kier molecular flexibility index (Phi) is 9.51. The lowest BCUT2D eigenvalue weighted by Gasteiger charge is -2.36. The number of benzene rings is 2. The Balaban J connectivity index is 1.41. The second-order valence-electron chi connectivity index (χ2n) is 11.8. The fourth-order valence-corrected chi connectivity index (χ4v) is 7.02. The second-order valence-corrected chi connectivity index (χ2v) is 11.8. The zero-order valence-electron chi connectivity index (χ0n) is 25.2. The molecular formula is C34H41N3O7. The number of amides is 3. The molecule has 5 rings (SSSR count). The molecule has 10 nitrogen and oxygen atoms in total. The summed E-state index contributed by atoms with van der Waals surface area (Å²) in [5.74, 6) is -3.17. The fourth-order valence-electron chi connectivity index (χ4n) is 7.02. The fraction of sp³-hybridized carbons (Fsp3) is 0.471. The molecule has 0 aromatic heterocycles. The van der Waals surface area contributed by atoms with Crippen LogP contribution in [0.2, 0.25) is 0 Å². The van der Waals surface area contributed by atoms with Crippen molar-refractivity contribution in [2.75, 3.05) is 31.1 Å². The molecule has 3 aliphatic rings. The van der Waals surface area contributed by atoms with Gasteiger partial charge in [0, 0.05) is 31.8 Å². The van der Waals surface area contributed by atoms with Gasteiger partial charge in [-0.3, -0.25) is 19.2 Å². The average Bonchev–Trinajstić information content (AvgIpc) is 3.67. The molecule has 2 aromatic carbocycles. The predicted octanol–water partition coefficient (Wildman–Crippen LogP) is 3.13. The van der Waals surface area contributed by atoms with Gasteiger partial charge in [-0.1, -0.05) is 42.5 Å². The number of likely N-dealkylation sites (tertiary alicyclic amines) is 1. The highest BCUT2D eigenvalue weighted by molar-refractivity contribution is 6.05. The Morgan fingerprint density at radius 3 is 2.70 bits per heavy atom. The van der Waals surface area contributed by atoms with E-state index in [9.17, 15) is 24.3 Å². The number of hydrogen-bond acceptors (Lipinski definition) is 7. The largest absolute Gasteiger partial charge is 0.460 e. The number of esters is 1. The number of aliphatic hydroxyl groups is 1. The van der Waals surface area contributed by atoms with Crippen molar-refractivity contribution < 1.29 is 33.8 Å². The molecule has 0 radical (unpaired) electrons. The van der Waals surface area contributed by atoms with Crippen LogP contribution in [-0.2, 0) is 28.7 Å². The highest BCUT2D eigenvalue weighted by Crippen LogP contribution is 2.59. The lowest BCUT2D eigenvalue weighted by atomic mass is 9.70. The highest BCUT2D eigenvalue weighted by atomic mass is 16.6. The number of carbonyl (C=O) groups excluding carboxylic acids is 4. The van der Waals surface area contributed by atoms with E-state index in [1.54, 1.807) is 24.0 Å². The number of anilines is 1. The van der Waals surface area contributed by atoms with Crippen molar-refractivity contribution in [3.63, 3.8) is 0 Å². The molecule has 3 fully saturated rings. The summed E-state index contributed by atoms with van der Waals surface area (Å²) in [4.78, 5) is 57.4. The Morgan fingerprint density at radius 1 is 1.20 bits per heavy atom. The van der Waals surface area contributed by atoms with Crippen molar-refractivity contribution >= 4 is 40.2 Å². The van der Waals surface area contributed by atoms with Crippen LogP contribution >= 0.6 is 0 Å². The van der Waals surface area contributed by atoms with Crippen LogP contribution in [0.15, 0.2) is 67.8 Å². The summed E-state index contributed by atoms with van der Waals surface area (Å²) in [6.07, 6.45) is 4.18. The number of carbonyl (C=O) groups is 4. The van der Waals surface area contributed by atoms with E-state index < -0.39 is 41.7 Å². The molecule has 6 atom stereocenters. The number of allylic oxidation sites excluding steroid dienone is 1. The van der Waals surface area contributed by atoms with Gasteiger partial charge in [-0.15, -0.1) is 13.2 Å². The number of rotatable bonds is 14. The van der Waals surface area contributed by atoms with Gasteiger partial charge in [0.2, 0.25) is 11.8 Å². The normalized spacial score (nSPS) is 25.9. The van der Waals surface area contributed by atoms with Crippen molar-refractivity contribution in [2.45, 2.75) is 62.9 Å². The van der Waals surface area contributed by atoms with E-state index in [-0.39, 0.29) is 50.4 Å². The minimum absolute atomic E-state index is 0.135. The Labute approximate surface area is 257 Å².